The van der Waals surface area contributed by atoms with E-state index in [4.69, 9.17) is 0 Å². The molecule has 28 heavy (non-hydrogen) atoms. The van der Waals surface area contributed by atoms with Crippen LogP contribution in [0.15, 0.2) is 78.9 Å². The molecule has 0 saturated carbocycles. The van der Waals surface area contributed by atoms with Crippen LogP contribution in [-0.2, 0) is 9.59 Å². The van der Waals surface area contributed by atoms with E-state index in [1.807, 2.05) is 54.6 Å². The Labute approximate surface area is 163 Å². The molecule has 3 aromatic carbocycles. The van der Waals surface area contributed by atoms with Gasteiger partial charge in [-0.25, -0.2) is 0 Å². The van der Waals surface area contributed by atoms with Gasteiger partial charge in [0, 0.05) is 12.6 Å². The molecule has 0 saturated heterocycles. The molecular formula is C23H20N2O3. The van der Waals surface area contributed by atoms with Crippen LogP contribution in [0.1, 0.15) is 23.3 Å². The van der Waals surface area contributed by atoms with Gasteiger partial charge in [-0.1, -0.05) is 72.8 Å². The number of carbonyl (C=O) groups is 2. The first-order valence-electron chi connectivity index (χ1n) is 9.07. The average molecular weight is 372 g/mol. The van der Waals surface area contributed by atoms with Gasteiger partial charge in [0.1, 0.15) is 6.04 Å². The standard InChI is InChI=1S/C23H20N2O3/c1-25-19-14-8-7-12-17(19)16-11-5-6-13-18(16)20(23(25)28)24-22(27)21(26)15-9-3-2-4-10-15/h2-14,20-21,26H,1H3,(H,24,27)/t20-,21-/m1/s1. The molecule has 2 N–H and O–H groups in total. The summed E-state index contributed by atoms with van der Waals surface area (Å²) < 4.78 is 0. The number of aliphatic hydroxyl groups is 1. The average Bonchev–Trinajstić information content (AvgIpc) is 2.84. The molecule has 0 aliphatic carbocycles. The van der Waals surface area contributed by atoms with E-state index in [1.54, 1.807) is 36.2 Å². The van der Waals surface area contributed by atoms with E-state index in [-0.39, 0.29) is 5.91 Å². The number of likely N-dealkylation sites (N-methyl/N-ethyl adjacent to an activating group) is 1. The highest BCUT2D eigenvalue weighted by molar-refractivity contribution is 6.06. The second-order valence-electron chi connectivity index (χ2n) is 6.76. The van der Waals surface area contributed by atoms with Gasteiger partial charge >= 0.3 is 0 Å². The van der Waals surface area contributed by atoms with Crippen molar-refractivity contribution in [2.75, 3.05) is 11.9 Å². The van der Waals surface area contributed by atoms with E-state index < -0.39 is 18.1 Å². The third kappa shape index (κ3) is 3.06. The van der Waals surface area contributed by atoms with Crippen LogP contribution in [-0.4, -0.2) is 24.0 Å². The van der Waals surface area contributed by atoms with E-state index >= 15 is 0 Å². The number of hydrogen-bond acceptors (Lipinski definition) is 3. The molecule has 0 fully saturated rings. The predicted molar refractivity (Wildman–Crippen MR) is 108 cm³/mol. The fourth-order valence-electron chi connectivity index (χ4n) is 3.58. The minimum Gasteiger partial charge on any atom is -0.378 e. The highest BCUT2D eigenvalue weighted by Gasteiger charge is 2.34. The van der Waals surface area contributed by atoms with Gasteiger partial charge in [-0.05, 0) is 22.8 Å². The number of rotatable bonds is 3. The summed E-state index contributed by atoms with van der Waals surface area (Å²) in [5.74, 6) is -0.871. The molecule has 0 bridgehead atoms. The van der Waals surface area contributed by atoms with Crippen LogP contribution in [0.2, 0.25) is 0 Å². The molecule has 0 aromatic heterocycles. The number of benzene rings is 3. The number of amides is 2. The number of para-hydroxylation sites is 1. The van der Waals surface area contributed by atoms with Crippen molar-refractivity contribution in [3.8, 4) is 11.1 Å². The summed E-state index contributed by atoms with van der Waals surface area (Å²) in [6.45, 7) is 0. The molecular weight excluding hydrogens is 352 g/mol. The van der Waals surface area contributed by atoms with Crippen LogP contribution >= 0.6 is 0 Å². The van der Waals surface area contributed by atoms with Gasteiger partial charge in [-0.2, -0.15) is 0 Å². The predicted octanol–water partition coefficient (Wildman–Crippen LogP) is 3.22. The lowest BCUT2D eigenvalue weighted by Gasteiger charge is -2.24. The van der Waals surface area contributed by atoms with Crippen molar-refractivity contribution in [2.45, 2.75) is 12.1 Å². The molecule has 5 heteroatoms. The van der Waals surface area contributed by atoms with Gasteiger partial charge < -0.3 is 15.3 Å². The summed E-state index contributed by atoms with van der Waals surface area (Å²) in [6.07, 6.45) is -1.35. The van der Waals surface area contributed by atoms with Crippen molar-refractivity contribution >= 4 is 17.5 Å². The van der Waals surface area contributed by atoms with Gasteiger partial charge in [0.15, 0.2) is 6.10 Å². The molecule has 0 spiro atoms. The van der Waals surface area contributed by atoms with Crippen molar-refractivity contribution in [1.29, 1.82) is 0 Å². The van der Waals surface area contributed by atoms with Crippen molar-refractivity contribution in [3.05, 3.63) is 90.0 Å². The van der Waals surface area contributed by atoms with Gasteiger partial charge in [-0.15, -0.1) is 0 Å². The quantitative estimate of drug-likeness (QED) is 0.742. The monoisotopic (exact) mass is 372 g/mol. The Kier molecular flexibility index (Phi) is 4.67. The van der Waals surface area contributed by atoms with Gasteiger partial charge in [0.05, 0.1) is 5.69 Å². The largest absolute Gasteiger partial charge is 0.378 e. The molecule has 4 rings (SSSR count). The summed E-state index contributed by atoms with van der Waals surface area (Å²) in [5, 5.41) is 13.2. The Hall–Kier alpha value is -3.44. The third-order valence-electron chi connectivity index (χ3n) is 5.06. The summed E-state index contributed by atoms with van der Waals surface area (Å²) in [4.78, 5) is 27.5. The maximum absolute atomic E-state index is 13.2. The van der Waals surface area contributed by atoms with Crippen molar-refractivity contribution in [1.82, 2.24) is 5.32 Å². The summed E-state index contributed by atoms with van der Waals surface area (Å²) >= 11 is 0. The van der Waals surface area contributed by atoms with Gasteiger partial charge in [0.2, 0.25) is 0 Å². The number of carbonyl (C=O) groups excluding carboxylic acids is 2. The normalized spacial score (nSPS) is 16.6. The Morgan fingerprint density at radius 2 is 1.54 bits per heavy atom. The minimum absolute atomic E-state index is 0.258. The zero-order valence-corrected chi connectivity index (χ0v) is 15.4. The highest BCUT2D eigenvalue weighted by Crippen LogP contribution is 2.39. The van der Waals surface area contributed by atoms with Crippen molar-refractivity contribution in [3.63, 3.8) is 0 Å². The van der Waals surface area contributed by atoms with Crippen LogP contribution in [0.3, 0.4) is 0 Å². The first-order valence-corrected chi connectivity index (χ1v) is 9.07. The number of hydrogen-bond donors (Lipinski definition) is 2. The fourth-order valence-corrected chi connectivity index (χ4v) is 3.58. The smallest absolute Gasteiger partial charge is 0.254 e. The Bertz CT molecular complexity index is 1030. The molecule has 2 atom stereocenters. The summed E-state index contributed by atoms with van der Waals surface area (Å²) in [7, 11) is 1.69. The van der Waals surface area contributed by atoms with Crippen LogP contribution < -0.4 is 10.2 Å². The molecule has 0 unspecified atom stereocenters. The SMILES string of the molecule is CN1C(=O)[C@H](NC(=O)[C@H](O)c2ccccc2)c2ccccc2-c2ccccc21. The summed E-state index contributed by atoms with van der Waals surface area (Å²) in [6, 6.07) is 22.9. The molecule has 1 heterocycles. The Morgan fingerprint density at radius 3 is 2.29 bits per heavy atom. The second-order valence-corrected chi connectivity index (χ2v) is 6.76. The molecule has 1 aliphatic heterocycles. The molecule has 140 valence electrons. The number of nitrogens with one attached hydrogen (secondary N) is 1. The summed E-state index contributed by atoms with van der Waals surface area (Å²) in [5.41, 5.74) is 3.77. The number of fused-ring (bicyclic) bond motifs is 3. The van der Waals surface area contributed by atoms with Crippen LogP contribution in [0.5, 0.6) is 0 Å². The second kappa shape index (κ2) is 7.29. The van der Waals surface area contributed by atoms with Crippen LogP contribution in [0.4, 0.5) is 5.69 Å². The van der Waals surface area contributed by atoms with Crippen LogP contribution in [0.25, 0.3) is 11.1 Å². The zero-order chi connectivity index (χ0) is 19.7. The highest BCUT2D eigenvalue weighted by atomic mass is 16.3. The van der Waals surface area contributed by atoms with E-state index in [0.29, 0.717) is 11.1 Å². The van der Waals surface area contributed by atoms with E-state index in [2.05, 4.69) is 5.32 Å². The van der Waals surface area contributed by atoms with Crippen molar-refractivity contribution < 1.29 is 14.7 Å². The maximum atomic E-state index is 13.2. The molecule has 5 nitrogen and oxygen atoms in total. The number of anilines is 1. The first-order chi connectivity index (χ1) is 13.6. The molecule has 0 radical (unpaired) electrons. The lowest BCUT2D eigenvalue weighted by atomic mass is 9.95. The maximum Gasteiger partial charge on any atom is 0.254 e. The number of aliphatic hydroxyl groups excluding tert-OH is 1. The lowest BCUT2D eigenvalue weighted by Crippen LogP contribution is -2.42. The molecule has 2 amide bonds. The van der Waals surface area contributed by atoms with Gasteiger partial charge in [0.25, 0.3) is 11.8 Å². The fraction of sp³-hybridized carbons (Fsp3) is 0.130. The third-order valence-corrected chi connectivity index (χ3v) is 5.06. The first kappa shape index (κ1) is 17.9. The van der Waals surface area contributed by atoms with E-state index in [9.17, 15) is 14.7 Å². The Balaban J connectivity index is 1.73. The Morgan fingerprint density at radius 1 is 0.929 bits per heavy atom. The molecule has 1 aliphatic rings. The van der Waals surface area contributed by atoms with E-state index in [1.165, 1.54) is 0 Å². The van der Waals surface area contributed by atoms with Crippen LogP contribution in [0, 0.1) is 0 Å². The van der Waals surface area contributed by atoms with Crippen molar-refractivity contribution in [2.24, 2.45) is 0 Å². The zero-order valence-electron chi connectivity index (χ0n) is 15.4. The van der Waals surface area contributed by atoms with Gasteiger partial charge in [-0.3, -0.25) is 9.59 Å². The number of nitrogens with zero attached hydrogens (tertiary/aromatic N) is 1. The van der Waals surface area contributed by atoms with E-state index in [0.717, 1.165) is 16.8 Å². The topological polar surface area (TPSA) is 69.6 Å². The molecule has 3 aromatic rings. The lowest BCUT2D eigenvalue weighted by molar-refractivity contribution is -0.133. The minimum atomic E-state index is -1.35.